The molecule has 7 nitrogen and oxygen atoms in total. The molecule has 1 amide bonds. The molecule has 1 aliphatic carbocycles. The van der Waals surface area contributed by atoms with E-state index >= 15 is 0 Å². The Kier molecular flexibility index (Phi) is 6.43. The van der Waals surface area contributed by atoms with Crippen LogP contribution in [0.15, 0.2) is 30.6 Å². The standard InChI is InChI=1S/C21H26N6O/c1-14(2)25-18-10-20(27-19-9-8-15(11-22)12-23-19)24-13-17(18)21(28)26-16-6-4-3-5-7-16/h8-10,12-14,16H,3-7H2,1-2H3,(H,26,28)(H2,23,24,25,27). The van der Waals surface area contributed by atoms with Crippen LogP contribution < -0.4 is 16.0 Å². The van der Waals surface area contributed by atoms with Crippen molar-refractivity contribution >= 4 is 23.2 Å². The van der Waals surface area contributed by atoms with Crippen molar-refractivity contribution < 1.29 is 4.79 Å². The second-order valence-electron chi connectivity index (χ2n) is 7.39. The van der Waals surface area contributed by atoms with Crippen LogP contribution in [0.25, 0.3) is 0 Å². The minimum absolute atomic E-state index is 0.0920. The lowest BCUT2D eigenvalue weighted by molar-refractivity contribution is 0.0928. The van der Waals surface area contributed by atoms with Crippen molar-refractivity contribution in [1.29, 1.82) is 5.26 Å². The first kappa shape index (κ1) is 19.6. The van der Waals surface area contributed by atoms with Crippen LogP contribution in [0, 0.1) is 11.3 Å². The summed E-state index contributed by atoms with van der Waals surface area (Å²) in [4.78, 5) is 21.4. The third-order valence-electron chi connectivity index (χ3n) is 4.68. The molecule has 0 bridgehead atoms. The number of nitrogens with zero attached hydrogens (tertiary/aromatic N) is 3. The van der Waals surface area contributed by atoms with E-state index in [1.54, 1.807) is 18.3 Å². The van der Waals surface area contributed by atoms with Crippen LogP contribution in [0.2, 0.25) is 0 Å². The number of nitrogens with one attached hydrogen (secondary N) is 3. The topological polar surface area (TPSA) is 103 Å². The predicted octanol–water partition coefficient (Wildman–Crippen LogP) is 3.97. The fraction of sp³-hybridized carbons (Fsp3) is 0.429. The molecule has 0 unspecified atom stereocenters. The van der Waals surface area contributed by atoms with E-state index in [1.165, 1.54) is 25.5 Å². The summed E-state index contributed by atoms with van der Waals surface area (Å²) in [6.45, 7) is 4.05. The highest BCUT2D eigenvalue weighted by Crippen LogP contribution is 2.23. The number of pyridine rings is 2. The number of carbonyl (C=O) groups excluding carboxylic acids is 1. The second kappa shape index (κ2) is 9.18. The Morgan fingerprint density at radius 2 is 1.89 bits per heavy atom. The van der Waals surface area contributed by atoms with Crippen molar-refractivity contribution in [3.8, 4) is 6.07 Å². The van der Waals surface area contributed by atoms with Gasteiger partial charge >= 0.3 is 0 Å². The summed E-state index contributed by atoms with van der Waals surface area (Å²) in [5, 5.41) is 18.5. The maximum atomic E-state index is 12.8. The predicted molar refractivity (Wildman–Crippen MR) is 110 cm³/mol. The molecule has 28 heavy (non-hydrogen) atoms. The molecule has 0 spiro atoms. The summed E-state index contributed by atoms with van der Waals surface area (Å²) in [6, 6.07) is 7.68. The van der Waals surface area contributed by atoms with Crippen LogP contribution in [-0.2, 0) is 0 Å². The average molecular weight is 378 g/mol. The summed E-state index contributed by atoms with van der Waals surface area (Å²) >= 11 is 0. The van der Waals surface area contributed by atoms with Crippen molar-refractivity contribution in [3.05, 3.63) is 41.7 Å². The molecule has 3 rings (SSSR count). The van der Waals surface area contributed by atoms with Crippen molar-refractivity contribution in [3.63, 3.8) is 0 Å². The molecular weight excluding hydrogens is 352 g/mol. The summed E-state index contributed by atoms with van der Waals surface area (Å²) in [5.41, 5.74) is 1.77. The lowest BCUT2D eigenvalue weighted by atomic mass is 9.95. The van der Waals surface area contributed by atoms with E-state index in [4.69, 9.17) is 5.26 Å². The Balaban J connectivity index is 1.78. The van der Waals surface area contributed by atoms with Crippen molar-refractivity contribution in [2.24, 2.45) is 0 Å². The SMILES string of the molecule is CC(C)Nc1cc(Nc2ccc(C#N)cn2)ncc1C(=O)NC1CCCCC1. The number of rotatable bonds is 6. The molecule has 0 saturated heterocycles. The Hall–Kier alpha value is -3.14. The molecule has 2 heterocycles. The van der Waals surface area contributed by atoms with Gasteiger partial charge in [0.05, 0.1) is 16.8 Å². The van der Waals surface area contributed by atoms with Gasteiger partial charge in [0.25, 0.3) is 5.91 Å². The molecule has 1 saturated carbocycles. The van der Waals surface area contributed by atoms with Gasteiger partial charge in [-0.1, -0.05) is 19.3 Å². The zero-order valence-corrected chi connectivity index (χ0v) is 16.3. The Bertz CT molecular complexity index is 850. The fourth-order valence-corrected chi connectivity index (χ4v) is 3.31. The third-order valence-corrected chi connectivity index (χ3v) is 4.68. The van der Waals surface area contributed by atoms with Crippen molar-refractivity contribution in [1.82, 2.24) is 15.3 Å². The van der Waals surface area contributed by atoms with Gasteiger partial charge in [-0.15, -0.1) is 0 Å². The summed E-state index contributed by atoms with van der Waals surface area (Å²) in [7, 11) is 0. The van der Waals surface area contributed by atoms with E-state index in [9.17, 15) is 4.79 Å². The van der Waals surface area contributed by atoms with Gasteiger partial charge in [-0.3, -0.25) is 4.79 Å². The third kappa shape index (κ3) is 5.19. The smallest absolute Gasteiger partial charge is 0.255 e. The van der Waals surface area contributed by atoms with Crippen LogP contribution in [0.4, 0.5) is 17.3 Å². The van der Waals surface area contributed by atoms with E-state index < -0.39 is 0 Å². The lowest BCUT2D eigenvalue weighted by Crippen LogP contribution is -2.36. The molecule has 3 N–H and O–H groups in total. The lowest BCUT2D eigenvalue weighted by Gasteiger charge is -2.23. The van der Waals surface area contributed by atoms with Crippen LogP contribution in [0.5, 0.6) is 0 Å². The van der Waals surface area contributed by atoms with Gasteiger partial charge in [-0.25, -0.2) is 9.97 Å². The van der Waals surface area contributed by atoms with E-state index in [-0.39, 0.29) is 18.0 Å². The van der Waals surface area contributed by atoms with Gasteiger partial charge in [0.2, 0.25) is 0 Å². The van der Waals surface area contributed by atoms with Crippen molar-refractivity contribution in [2.45, 2.75) is 58.0 Å². The highest BCUT2D eigenvalue weighted by Gasteiger charge is 2.20. The molecule has 0 atom stereocenters. The monoisotopic (exact) mass is 378 g/mol. The molecule has 2 aromatic heterocycles. The zero-order valence-electron chi connectivity index (χ0n) is 16.3. The molecular formula is C21H26N6O. The highest BCUT2D eigenvalue weighted by molar-refractivity contribution is 6.00. The minimum Gasteiger partial charge on any atom is -0.382 e. The maximum absolute atomic E-state index is 12.8. The fourth-order valence-electron chi connectivity index (χ4n) is 3.31. The van der Waals surface area contributed by atoms with Crippen LogP contribution in [0.3, 0.4) is 0 Å². The largest absolute Gasteiger partial charge is 0.382 e. The van der Waals surface area contributed by atoms with Gasteiger partial charge < -0.3 is 16.0 Å². The quantitative estimate of drug-likeness (QED) is 0.703. The number of nitriles is 1. The molecule has 146 valence electrons. The average Bonchev–Trinajstić information content (AvgIpc) is 2.69. The van der Waals surface area contributed by atoms with Gasteiger partial charge in [-0.05, 0) is 38.8 Å². The number of hydrogen-bond acceptors (Lipinski definition) is 6. The Labute approximate surface area is 165 Å². The molecule has 0 aliphatic heterocycles. The van der Waals surface area contributed by atoms with Gasteiger partial charge in [0.1, 0.15) is 17.7 Å². The summed E-state index contributed by atoms with van der Waals surface area (Å²) in [5.74, 6) is 1.07. The number of carbonyl (C=O) groups is 1. The molecule has 7 heteroatoms. The van der Waals surface area contributed by atoms with E-state index in [0.717, 1.165) is 18.5 Å². The molecule has 0 radical (unpaired) electrons. The molecule has 0 aromatic carbocycles. The number of aromatic nitrogens is 2. The number of hydrogen-bond donors (Lipinski definition) is 3. The van der Waals surface area contributed by atoms with Crippen LogP contribution in [-0.4, -0.2) is 28.0 Å². The van der Waals surface area contributed by atoms with Crippen LogP contribution in [0.1, 0.15) is 61.9 Å². The zero-order chi connectivity index (χ0) is 19.9. The Morgan fingerprint density at radius 1 is 1.14 bits per heavy atom. The summed E-state index contributed by atoms with van der Waals surface area (Å²) < 4.78 is 0. The summed E-state index contributed by atoms with van der Waals surface area (Å²) in [6.07, 6.45) is 8.75. The molecule has 2 aromatic rings. The first-order valence-electron chi connectivity index (χ1n) is 9.76. The minimum atomic E-state index is -0.0920. The maximum Gasteiger partial charge on any atom is 0.255 e. The highest BCUT2D eigenvalue weighted by atomic mass is 16.1. The van der Waals surface area contributed by atoms with E-state index in [1.807, 2.05) is 26.0 Å². The molecule has 1 fully saturated rings. The van der Waals surface area contributed by atoms with E-state index in [2.05, 4.69) is 25.9 Å². The molecule has 1 aliphatic rings. The first-order chi connectivity index (χ1) is 13.5. The van der Waals surface area contributed by atoms with Crippen molar-refractivity contribution in [2.75, 3.05) is 10.6 Å². The normalized spacial score (nSPS) is 14.4. The number of amides is 1. The van der Waals surface area contributed by atoms with E-state index in [0.29, 0.717) is 22.8 Å². The number of anilines is 3. The van der Waals surface area contributed by atoms with Gasteiger partial charge in [0, 0.05) is 30.5 Å². The van der Waals surface area contributed by atoms with Gasteiger partial charge in [0.15, 0.2) is 0 Å². The first-order valence-corrected chi connectivity index (χ1v) is 9.76. The second-order valence-corrected chi connectivity index (χ2v) is 7.39. The van der Waals surface area contributed by atoms with Gasteiger partial charge in [-0.2, -0.15) is 5.26 Å². The van der Waals surface area contributed by atoms with Crippen LogP contribution >= 0.6 is 0 Å². The Morgan fingerprint density at radius 3 is 2.54 bits per heavy atom.